The van der Waals surface area contributed by atoms with Crippen LogP contribution in [0.3, 0.4) is 0 Å². The molecule has 18 heavy (non-hydrogen) atoms. The second kappa shape index (κ2) is 5.07. The number of ether oxygens (including phenoxy) is 1. The Hall–Kier alpha value is -1.41. The van der Waals surface area contributed by atoms with E-state index in [2.05, 4.69) is 27.0 Å². The lowest BCUT2D eigenvalue weighted by Gasteiger charge is -2.11. The summed E-state index contributed by atoms with van der Waals surface area (Å²) in [4.78, 5) is 16.1. The molecule has 0 aromatic carbocycles. The Bertz CT molecular complexity index is 518. The number of aromatic nitrogens is 1. The lowest BCUT2D eigenvalue weighted by Crippen LogP contribution is -2.12. The molecule has 1 aromatic rings. The third kappa shape index (κ3) is 2.25. The second-order valence-electron chi connectivity index (χ2n) is 4.27. The SMILES string of the molecule is CCOC(=O)c1cc(C2(C#N)CC2)cnc1CBr. The van der Waals surface area contributed by atoms with Crippen LogP contribution in [-0.2, 0) is 15.5 Å². The van der Waals surface area contributed by atoms with E-state index in [9.17, 15) is 4.79 Å². The number of carbonyl (C=O) groups is 1. The number of nitriles is 1. The van der Waals surface area contributed by atoms with Gasteiger partial charge < -0.3 is 4.74 Å². The highest BCUT2D eigenvalue weighted by atomic mass is 79.9. The minimum absolute atomic E-state index is 0.328. The van der Waals surface area contributed by atoms with Crippen LogP contribution < -0.4 is 0 Å². The monoisotopic (exact) mass is 308 g/mol. The molecule has 0 amide bonds. The van der Waals surface area contributed by atoms with Gasteiger partial charge in [-0.25, -0.2) is 4.79 Å². The number of esters is 1. The summed E-state index contributed by atoms with van der Waals surface area (Å²) in [6.45, 7) is 2.09. The molecule has 0 atom stereocenters. The van der Waals surface area contributed by atoms with Crippen molar-refractivity contribution in [2.45, 2.75) is 30.5 Å². The first kappa shape index (κ1) is 13.0. The summed E-state index contributed by atoms with van der Waals surface area (Å²) in [5.74, 6) is -0.380. The number of pyridine rings is 1. The number of hydrogen-bond acceptors (Lipinski definition) is 4. The van der Waals surface area contributed by atoms with Crippen LogP contribution in [0.25, 0.3) is 0 Å². The van der Waals surface area contributed by atoms with E-state index in [0.29, 0.717) is 23.2 Å². The molecule has 5 heteroatoms. The van der Waals surface area contributed by atoms with Gasteiger partial charge in [0.15, 0.2) is 0 Å². The van der Waals surface area contributed by atoms with Crippen LogP contribution in [0.4, 0.5) is 0 Å². The Morgan fingerprint density at radius 1 is 1.67 bits per heavy atom. The van der Waals surface area contributed by atoms with Gasteiger partial charge in [-0.1, -0.05) is 15.9 Å². The Labute approximate surface area is 114 Å². The maximum atomic E-state index is 11.8. The Kier molecular flexibility index (Phi) is 3.67. The molecule has 1 heterocycles. The lowest BCUT2D eigenvalue weighted by molar-refractivity contribution is 0.0524. The van der Waals surface area contributed by atoms with E-state index in [-0.39, 0.29) is 5.97 Å². The molecule has 4 nitrogen and oxygen atoms in total. The van der Waals surface area contributed by atoms with Crippen LogP contribution in [0.2, 0.25) is 0 Å². The van der Waals surface area contributed by atoms with E-state index in [4.69, 9.17) is 10.00 Å². The zero-order chi connectivity index (χ0) is 13.2. The summed E-state index contributed by atoms with van der Waals surface area (Å²) < 4.78 is 5.01. The van der Waals surface area contributed by atoms with Crippen molar-refractivity contribution in [2.75, 3.05) is 6.61 Å². The fraction of sp³-hybridized carbons (Fsp3) is 0.462. The van der Waals surface area contributed by atoms with Crippen molar-refractivity contribution < 1.29 is 9.53 Å². The smallest absolute Gasteiger partial charge is 0.340 e. The molecule has 0 N–H and O–H groups in total. The van der Waals surface area contributed by atoms with Gasteiger partial charge in [0.25, 0.3) is 0 Å². The third-order valence-electron chi connectivity index (χ3n) is 3.11. The highest BCUT2D eigenvalue weighted by Gasteiger charge is 2.45. The molecule has 0 unspecified atom stereocenters. The molecule has 1 aliphatic rings. The minimum Gasteiger partial charge on any atom is -0.462 e. The number of carbonyl (C=O) groups excluding carboxylic acids is 1. The van der Waals surface area contributed by atoms with Crippen molar-refractivity contribution in [1.29, 1.82) is 5.26 Å². The number of rotatable bonds is 4. The minimum atomic E-state index is -0.431. The molecule has 1 aromatic heterocycles. The van der Waals surface area contributed by atoms with Crippen LogP contribution >= 0.6 is 15.9 Å². The van der Waals surface area contributed by atoms with Crippen LogP contribution in [0.5, 0.6) is 0 Å². The van der Waals surface area contributed by atoms with Gasteiger partial charge in [-0.05, 0) is 31.4 Å². The Morgan fingerprint density at radius 3 is 2.89 bits per heavy atom. The Morgan fingerprint density at radius 2 is 2.39 bits per heavy atom. The van der Waals surface area contributed by atoms with Crippen LogP contribution in [0, 0.1) is 11.3 Å². The van der Waals surface area contributed by atoms with E-state index in [1.807, 2.05) is 0 Å². The van der Waals surface area contributed by atoms with Gasteiger partial charge in [0.05, 0.1) is 29.3 Å². The molecule has 0 bridgehead atoms. The average molecular weight is 309 g/mol. The van der Waals surface area contributed by atoms with Crippen molar-refractivity contribution >= 4 is 21.9 Å². The molecule has 0 saturated heterocycles. The first-order valence-electron chi connectivity index (χ1n) is 5.80. The van der Waals surface area contributed by atoms with Crippen molar-refractivity contribution in [3.8, 4) is 6.07 Å². The van der Waals surface area contributed by atoms with E-state index in [1.54, 1.807) is 19.2 Å². The van der Waals surface area contributed by atoms with Gasteiger partial charge in [0.1, 0.15) is 0 Å². The second-order valence-corrected chi connectivity index (χ2v) is 4.83. The third-order valence-corrected chi connectivity index (χ3v) is 3.64. The normalized spacial score (nSPS) is 15.8. The molecule has 0 aliphatic heterocycles. The van der Waals surface area contributed by atoms with Crippen LogP contribution in [0.15, 0.2) is 12.3 Å². The van der Waals surface area contributed by atoms with Crippen LogP contribution in [-0.4, -0.2) is 17.6 Å². The van der Waals surface area contributed by atoms with Gasteiger partial charge in [-0.3, -0.25) is 4.98 Å². The molecule has 1 saturated carbocycles. The summed E-state index contributed by atoms with van der Waals surface area (Å²) in [6, 6.07) is 4.05. The molecule has 94 valence electrons. The quantitative estimate of drug-likeness (QED) is 0.634. The fourth-order valence-corrected chi connectivity index (χ4v) is 2.28. The van der Waals surface area contributed by atoms with Crippen molar-refractivity contribution in [3.63, 3.8) is 0 Å². The molecule has 2 rings (SSSR count). The average Bonchev–Trinajstić information content (AvgIpc) is 3.19. The van der Waals surface area contributed by atoms with Gasteiger partial charge in [-0.2, -0.15) is 5.26 Å². The van der Waals surface area contributed by atoms with E-state index >= 15 is 0 Å². The Balaban J connectivity index is 2.40. The molecule has 1 fully saturated rings. The van der Waals surface area contributed by atoms with Crippen LogP contribution in [0.1, 0.15) is 41.4 Å². The predicted octanol–water partition coefficient (Wildman–Crippen LogP) is 2.71. The molecule has 0 spiro atoms. The summed E-state index contributed by atoms with van der Waals surface area (Å²) in [7, 11) is 0. The lowest BCUT2D eigenvalue weighted by atomic mass is 9.97. The first-order chi connectivity index (χ1) is 8.66. The topological polar surface area (TPSA) is 63.0 Å². The van der Waals surface area contributed by atoms with Gasteiger partial charge >= 0.3 is 5.97 Å². The molecule has 1 aliphatic carbocycles. The van der Waals surface area contributed by atoms with Crippen molar-refractivity contribution in [2.24, 2.45) is 0 Å². The summed E-state index contributed by atoms with van der Waals surface area (Å²) in [5.41, 5.74) is 1.48. The molecular weight excluding hydrogens is 296 g/mol. The van der Waals surface area contributed by atoms with E-state index in [0.717, 1.165) is 18.4 Å². The highest BCUT2D eigenvalue weighted by Crippen LogP contribution is 2.47. The molecule has 0 radical (unpaired) electrons. The predicted molar refractivity (Wildman–Crippen MR) is 69.3 cm³/mol. The maximum absolute atomic E-state index is 11.8. The highest BCUT2D eigenvalue weighted by molar-refractivity contribution is 9.08. The molecular formula is C13H13BrN2O2. The summed E-state index contributed by atoms with van der Waals surface area (Å²) >= 11 is 3.30. The first-order valence-corrected chi connectivity index (χ1v) is 6.92. The van der Waals surface area contributed by atoms with Crippen molar-refractivity contribution in [1.82, 2.24) is 4.98 Å². The van der Waals surface area contributed by atoms with Gasteiger partial charge in [-0.15, -0.1) is 0 Å². The zero-order valence-corrected chi connectivity index (χ0v) is 11.7. The maximum Gasteiger partial charge on any atom is 0.340 e. The van der Waals surface area contributed by atoms with E-state index in [1.165, 1.54) is 0 Å². The number of alkyl halides is 1. The van der Waals surface area contributed by atoms with Gasteiger partial charge in [0.2, 0.25) is 0 Å². The van der Waals surface area contributed by atoms with E-state index < -0.39 is 5.41 Å². The largest absolute Gasteiger partial charge is 0.462 e. The van der Waals surface area contributed by atoms with Gasteiger partial charge in [0, 0.05) is 11.5 Å². The number of hydrogen-bond donors (Lipinski definition) is 0. The summed E-state index contributed by atoms with van der Waals surface area (Å²) in [5, 5.41) is 9.65. The zero-order valence-electron chi connectivity index (χ0n) is 10.1. The number of halogens is 1. The fourth-order valence-electron chi connectivity index (χ4n) is 1.84. The summed E-state index contributed by atoms with van der Waals surface area (Å²) in [6.07, 6.45) is 3.36. The standard InChI is InChI=1S/C13H13BrN2O2/c1-2-18-12(17)10-5-9(7-16-11(10)6-14)13(8-15)3-4-13/h5,7H,2-4,6H2,1H3. The van der Waals surface area contributed by atoms with Crippen molar-refractivity contribution in [3.05, 3.63) is 29.1 Å². The number of nitrogens with zero attached hydrogens (tertiary/aromatic N) is 2.